The maximum Gasteiger partial charge on any atom is 0.336 e. The van der Waals surface area contributed by atoms with Gasteiger partial charge >= 0.3 is 5.97 Å². The number of piperidine rings is 1. The molecule has 0 atom stereocenters. The number of aromatic nitrogens is 2. The van der Waals surface area contributed by atoms with Gasteiger partial charge in [0, 0.05) is 18.9 Å². The predicted molar refractivity (Wildman–Crippen MR) is 173 cm³/mol. The van der Waals surface area contributed by atoms with Crippen LogP contribution in [0.5, 0.6) is 11.8 Å². The molecule has 0 amide bonds. The number of aromatic amines is 1. The van der Waals surface area contributed by atoms with E-state index in [1.807, 2.05) is 24.3 Å². The van der Waals surface area contributed by atoms with Crippen molar-refractivity contribution < 1.29 is 31.8 Å². The van der Waals surface area contributed by atoms with Crippen LogP contribution in [0.3, 0.4) is 0 Å². The molecule has 1 aliphatic rings. The number of hydrogen-bond acceptors (Lipinski definition) is 6. The normalized spacial score (nSPS) is 14.5. The summed E-state index contributed by atoms with van der Waals surface area (Å²) in [6.07, 6.45) is 3.05. The van der Waals surface area contributed by atoms with Crippen LogP contribution in [-0.4, -0.2) is 59.5 Å². The minimum Gasteiger partial charge on any atom is -0.478 e. The van der Waals surface area contributed by atoms with Crippen molar-refractivity contribution in [2.24, 2.45) is 5.92 Å². The molecule has 0 bridgehead atoms. The molecule has 2 heterocycles. The number of nitrogens with one attached hydrogen (secondary N) is 1. The van der Waals surface area contributed by atoms with Crippen molar-refractivity contribution in [3.63, 3.8) is 0 Å². The molecule has 5 aromatic rings. The Kier molecular flexibility index (Phi) is 8.63. The first-order chi connectivity index (χ1) is 21.9. The number of imidazole rings is 1. The van der Waals surface area contributed by atoms with Crippen molar-refractivity contribution in [3.8, 4) is 34.0 Å². The number of carboxylic acids is 1. The van der Waals surface area contributed by atoms with E-state index >= 15 is 8.78 Å². The van der Waals surface area contributed by atoms with E-state index in [1.165, 1.54) is 12.3 Å². The van der Waals surface area contributed by atoms with Crippen LogP contribution < -0.4 is 4.74 Å². The highest BCUT2D eigenvalue weighted by molar-refractivity contribution is 7.90. The maximum atomic E-state index is 15.7. The third-order valence-electron chi connectivity index (χ3n) is 8.41. The van der Waals surface area contributed by atoms with Gasteiger partial charge in [-0.05, 0) is 78.7 Å². The van der Waals surface area contributed by atoms with Gasteiger partial charge in [-0.2, -0.15) is 4.98 Å². The lowest BCUT2D eigenvalue weighted by Gasteiger charge is -2.31. The van der Waals surface area contributed by atoms with E-state index in [0.29, 0.717) is 11.1 Å². The van der Waals surface area contributed by atoms with Gasteiger partial charge in [-0.25, -0.2) is 22.0 Å². The first-order valence-electron chi connectivity index (χ1n) is 14.9. The molecule has 2 N–H and O–H groups in total. The first kappa shape index (κ1) is 31.4. The average Bonchev–Trinajstić information content (AvgIpc) is 3.41. The molecule has 0 unspecified atom stereocenters. The lowest BCUT2D eigenvalue weighted by molar-refractivity contribution is 0.0695. The molecule has 1 aromatic heterocycles. The van der Waals surface area contributed by atoms with Crippen LogP contribution in [0.15, 0.2) is 72.8 Å². The standard InChI is InChI=1S/C35H33F2N3O5S/c1-21-3-12-27(17-28(21)34(41)42)45-35-38-30-18-29(36)31(32(37)33(30)39-35)26-10-8-25(9-11-26)24-6-4-22(5-7-24)19-40-15-13-23(14-16-40)20-46(2,43)44/h3-12,17-18,23H,13-16,19-20H2,1-2H3,(H,38,39)(H,41,42). The Bertz CT molecular complexity index is 2020. The summed E-state index contributed by atoms with van der Waals surface area (Å²) in [6, 6.07) is 20.7. The first-order valence-corrected chi connectivity index (χ1v) is 17.0. The number of halogens is 2. The van der Waals surface area contributed by atoms with Gasteiger partial charge in [-0.15, -0.1) is 0 Å². The molecule has 11 heteroatoms. The zero-order chi connectivity index (χ0) is 32.6. The third-order valence-corrected chi connectivity index (χ3v) is 9.49. The summed E-state index contributed by atoms with van der Waals surface area (Å²) in [7, 11) is -2.95. The second kappa shape index (κ2) is 12.6. The van der Waals surface area contributed by atoms with Gasteiger partial charge in [0.05, 0.1) is 22.4 Å². The number of aromatic carboxylic acids is 1. The van der Waals surface area contributed by atoms with Crippen molar-refractivity contribution in [1.82, 2.24) is 14.9 Å². The zero-order valence-corrected chi connectivity index (χ0v) is 26.2. The summed E-state index contributed by atoms with van der Waals surface area (Å²) >= 11 is 0. The van der Waals surface area contributed by atoms with Crippen molar-refractivity contribution in [3.05, 3.63) is 101 Å². The van der Waals surface area contributed by atoms with Gasteiger partial charge in [0.1, 0.15) is 26.9 Å². The van der Waals surface area contributed by atoms with Crippen molar-refractivity contribution in [2.45, 2.75) is 26.3 Å². The molecule has 46 heavy (non-hydrogen) atoms. The third kappa shape index (κ3) is 6.95. The Hall–Kier alpha value is -4.61. The van der Waals surface area contributed by atoms with E-state index in [2.05, 4.69) is 27.0 Å². The summed E-state index contributed by atoms with van der Waals surface area (Å²) in [5.74, 6) is -2.03. The Morgan fingerprint density at radius 2 is 1.61 bits per heavy atom. The van der Waals surface area contributed by atoms with Crippen LogP contribution in [0.1, 0.15) is 34.3 Å². The average molecular weight is 646 g/mol. The number of fused-ring (bicyclic) bond motifs is 1. The summed E-state index contributed by atoms with van der Waals surface area (Å²) in [5, 5.41) is 9.37. The van der Waals surface area contributed by atoms with Gasteiger partial charge in [0.25, 0.3) is 6.01 Å². The fourth-order valence-electron chi connectivity index (χ4n) is 6.01. The minimum atomic E-state index is -2.95. The largest absolute Gasteiger partial charge is 0.478 e. The van der Waals surface area contributed by atoms with Crippen LogP contribution in [-0.2, 0) is 16.4 Å². The molecule has 0 saturated carbocycles. The summed E-state index contributed by atoms with van der Waals surface area (Å²) in [5.41, 5.74) is 3.79. The van der Waals surface area contributed by atoms with Crippen molar-refractivity contribution in [2.75, 3.05) is 25.1 Å². The van der Waals surface area contributed by atoms with Gasteiger partial charge in [0.15, 0.2) is 5.82 Å². The Morgan fingerprint density at radius 1 is 0.978 bits per heavy atom. The SMILES string of the molecule is Cc1ccc(Oc2nc3c(F)c(-c4ccc(-c5ccc(CN6CCC(CS(C)(=O)=O)CC6)cc5)cc4)c(F)cc3[nH]2)cc1C(=O)O. The summed E-state index contributed by atoms with van der Waals surface area (Å²) in [6.45, 7) is 4.20. The van der Waals surface area contributed by atoms with Crippen molar-refractivity contribution in [1.29, 1.82) is 0 Å². The lowest BCUT2D eigenvalue weighted by Crippen LogP contribution is -2.35. The second-order valence-corrected chi connectivity index (χ2v) is 14.1. The number of sulfone groups is 1. The maximum absolute atomic E-state index is 15.7. The summed E-state index contributed by atoms with van der Waals surface area (Å²) in [4.78, 5) is 20.7. The number of ether oxygens (including phenoxy) is 1. The highest BCUT2D eigenvalue weighted by Gasteiger charge is 2.23. The minimum absolute atomic E-state index is 0.0630. The Balaban J connectivity index is 1.15. The molecular formula is C35H33F2N3O5S. The van der Waals surface area contributed by atoms with E-state index < -0.39 is 27.4 Å². The van der Waals surface area contributed by atoms with Crippen LogP contribution in [0, 0.1) is 24.5 Å². The second-order valence-electron chi connectivity index (χ2n) is 12.0. The quantitative estimate of drug-likeness (QED) is 0.174. The molecule has 6 rings (SSSR count). The molecule has 0 radical (unpaired) electrons. The molecule has 238 valence electrons. The Morgan fingerprint density at radius 3 is 2.24 bits per heavy atom. The fraction of sp³-hybridized carbons (Fsp3) is 0.257. The molecule has 1 aliphatic heterocycles. The molecule has 1 fully saturated rings. The highest BCUT2D eigenvalue weighted by Crippen LogP contribution is 2.34. The number of aryl methyl sites for hydroxylation is 1. The van der Waals surface area contributed by atoms with Gasteiger partial charge in [0.2, 0.25) is 0 Å². The number of carbonyl (C=O) groups is 1. The number of rotatable bonds is 9. The highest BCUT2D eigenvalue weighted by atomic mass is 32.2. The molecular weight excluding hydrogens is 612 g/mol. The summed E-state index contributed by atoms with van der Waals surface area (Å²) < 4.78 is 59.7. The Labute approximate surface area is 265 Å². The number of hydrogen-bond donors (Lipinski definition) is 2. The van der Waals surface area contributed by atoms with Crippen LogP contribution in [0.4, 0.5) is 8.78 Å². The van der Waals surface area contributed by atoms with E-state index in [9.17, 15) is 18.3 Å². The molecule has 8 nitrogen and oxygen atoms in total. The number of H-pyrrole nitrogens is 1. The molecule has 0 aliphatic carbocycles. The van der Waals surface area contributed by atoms with Gasteiger partial charge < -0.3 is 14.8 Å². The van der Waals surface area contributed by atoms with Crippen LogP contribution in [0.25, 0.3) is 33.3 Å². The lowest BCUT2D eigenvalue weighted by atomic mass is 9.97. The number of carboxylic acid groups (broad SMARTS) is 1. The number of nitrogens with zero attached hydrogens (tertiary/aromatic N) is 2. The molecule has 1 saturated heterocycles. The van der Waals surface area contributed by atoms with Gasteiger partial charge in [-0.3, -0.25) is 4.90 Å². The van der Waals surface area contributed by atoms with Gasteiger partial charge in [-0.1, -0.05) is 54.6 Å². The molecule has 0 spiro atoms. The van der Waals surface area contributed by atoms with E-state index in [4.69, 9.17) is 4.74 Å². The van der Waals surface area contributed by atoms with E-state index in [0.717, 1.165) is 55.2 Å². The number of benzene rings is 4. The topological polar surface area (TPSA) is 113 Å². The fourth-order valence-corrected chi connectivity index (χ4v) is 7.20. The number of likely N-dealkylation sites (tertiary alicyclic amines) is 1. The van der Waals surface area contributed by atoms with Crippen LogP contribution in [0.2, 0.25) is 0 Å². The van der Waals surface area contributed by atoms with E-state index in [-0.39, 0.29) is 45.6 Å². The van der Waals surface area contributed by atoms with Crippen molar-refractivity contribution >= 4 is 26.8 Å². The van der Waals surface area contributed by atoms with E-state index in [1.54, 1.807) is 31.2 Å². The smallest absolute Gasteiger partial charge is 0.336 e. The molecule has 4 aromatic carbocycles. The monoisotopic (exact) mass is 645 g/mol. The van der Waals surface area contributed by atoms with Crippen LogP contribution >= 0.6 is 0 Å². The zero-order valence-electron chi connectivity index (χ0n) is 25.4. The predicted octanol–water partition coefficient (Wildman–Crippen LogP) is 7.23.